The Bertz CT molecular complexity index is 1050. The summed E-state index contributed by atoms with van der Waals surface area (Å²) in [6, 6.07) is 11.7. The highest BCUT2D eigenvalue weighted by molar-refractivity contribution is 6.46. The number of ketones is 1. The summed E-state index contributed by atoms with van der Waals surface area (Å²) in [4.78, 5) is 27.5. The number of aliphatic hydroxyl groups is 1. The van der Waals surface area contributed by atoms with Gasteiger partial charge in [-0.1, -0.05) is 82.9 Å². The van der Waals surface area contributed by atoms with Crippen molar-refractivity contribution in [1.29, 1.82) is 0 Å². The topological polar surface area (TPSA) is 66.8 Å². The molecule has 5 nitrogen and oxygen atoms in total. The van der Waals surface area contributed by atoms with Crippen LogP contribution in [0.5, 0.6) is 5.75 Å². The summed E-state index contributed by atoms with van der Waals surface area (Å²) in [5, 5.41) is 11.1. The summed E-state index contributed by atoms with van der Waals surface area (Å²) in [5.41, 5.74) is 0.496. The lowest BCUT2D eigenvalue weighted by Gasteiger charge is -2.25. The standard InChI is InChI=1S/C30H38FNO4/c1-3-4-5-6-7-8-9-10-11-14-21-32-27(24-15-12-13-16-25(24)31)26(29(34)30(32)35)28(33)22-17-19-23(36-2)20-18-22/h12-13,15-20,27,33H,3-11,14,21H2,1-2H3/b28-26-. The molecule has 194 valence electrons. The third-order valence-corrected chi connectivity index (χ3v) is 6.86. The molecule has 0 bridgehead atoms. The molecule has 0 spiro atoms. The first kappa shape index (κ1) is 27.4. The van der Waals surface area contributed by atoms with Crippen molar-refractivity contribution in [3.63, 3.8) is 0 Å². The molecule has 2 aromatic carbocycles. The summed E-state index contributed by atoms with van der Waals surface area (Å²) in [5.74, 6) is -1.72. The van der Waals surface area contributed by atoms with Gasteiger partial charge in [-0.15, -0.1) is 0 Å². The third kappa shape index (κ3) is 6.74. The van der Waals surface area contributed by atoms with Crippen molar-refractivity contribution in [3.8, 4) is 5.75 Å². The second-order valence-electron chi connectivity index (χ2n) is 9.42. The second kappa shape index (κ2) is 13.8. The van der Waals surface area contributed by atoms with E-state index in [0.29, 0.717) is 17.9 Å². The lowest BCUT2D eigenvalue weighted by atomic mass is 9.94. The van der Waals surface area contributed by atoms with Gasteiger partial charge in [0.25, 0.3) is 11.7 Å². The largest absolute Gasteiger partial charge is 0.507 e. The number of likely N-dealkylation sites (tertiary alicyclic amines) is 1. The van der Waals surface area contributed by atoms with Crippen LogP contribution in [-0.4, -0.2) is 35.4 Å². The number of carbonyl (C=O) groups excluding carboxylic acids is 2. The van der Waals surface area contributed by atoms with Gasteiger partial charge in [-0.05, 0) is 36.8 Å². The number of benzene rings is 2. The average molecular weight is 496 g/mol. The van der Waals surface area contributed by atoms with Gasteiger partial charge in [-0.3, -0.25) is 9.59 Å². The summed E-state index contributed by atoms with van der Waals surface area (Å²) in [7, 11) is 1.53. The fraction of sp³-hybridized carbons (Fsp3) is 0.467. The van der Waals surface area contributed by atoms with Crippen LogP contribution >= 0.6 is 0 Å². The monoisotopic (exact) mass is 495 g/mol. The Balaban J connectivity index is 1.74. The molecule has 6 heteroatoms. The van der Waals surface area contributed by atoms with E-state index in [1.54, 1.807) is 42.5 Å². The molecule has 3 rings (SSSR count). The molecule has 1 heterocycles. The van der Waals surface area contributed by atoms with Crippen LogP contribution in [0.1, 0.15) is 88.3 Å². The van der Waals surface area contributed by atoms with Crippen molar-refractivity contribution in [2.24, 2.45) is 0 Å². The Morgan fingerprint density at radius 2 is 1.47 bits per heavy atom. The summed E-state index contributed by atoms with van der Waals surface area (Å²) < 4.78 is 20.0. The first-order valence-corrected chi connectivity index (χ1v) is 13.2. The van der Waals surface area contributed by atoms with E-state index in [0.717, 1.165) is 25.7 Å². The zero-order valence-corrected chi connectivity index (χ0v) is 21.5. The summed E-state index contributed by atoms with van der Waals surface area (Å²) in [6.45, 7) is 2.55. The van der Waals surface area contributed by atoms with E-state index in [-0.39, 0.29) is 16.9 Å². The van der Waals surface area contributed by atoms with Crippen LogP contribution in [0.2, 0.25) is 0 Å². The molecular weight excluding hydrogens is 457 g/mol. The smallest absolute Gasteiger partial charge is 0.295 e. The maximum atomic E-state index is 14.9. The van der Waals surface area contributed by atoms with Gasteiger partial charge in [0.2, 0.25) is 0 Å². The minimum Gasteiger partial charge on any atom is -0.507 e. The number of halogens is 1. The third-order valence-electron chi connectivity index (χ3n) is 6.86. The van der Waals surface area contributed by atoms with Gasteiger partial charge < -0.3 is 14.7 Å². The Labute approximate surface area is 214 Å². The van der Waals surface area contributed by atoms with Gasteiger partial charge in [0, 0.05) is 17.7 Å². The Morgan fingerprint density at radius 3 is 2.06 bits per heavy atom. The minimum absolute atomic E-state index is 0.0812. The van der Waals surface area contributed by atoms with E-state index >= 15 is 0 Å². The van der Waals surface area contributed by atoms with Crippen LogP contribution in [0.3, 0.4) is 0 Å². The first-order valence-electron chi connectivity index (χ1n) is 13.2. The highest BCUT2D eigenvalue weighted by atomic mass is 19.1. The Morgan fingerprint density at radius 1 is 0.889 bits per heavy atom. The number of carbonyl (C=O) groups is 2. The first-order chi connectivity index (χ1) is 17.5. The van der Waals surface area contributed by atoms with Gasteiger partial charge >= 0.3 is 0 Å². The number of hydrogen-bond donors (Lipinski definition) is 1. The van der Waals surface area contributed by atoms with E-state index in [9.17, 15) is 19.1 Å². The molecule has 36 heavy (non-hydrogen) atoms. The molecule has 1 fully saturated rings. The lowest BCUT2D eigenvalue weighted by molar-refractivity contribution is -0.140. The van der Waals surface area contributed by atoms with E-state index in [1.807, 2.05) is 0 Å². The molecule has 1 aliphatic rings. The molecule has 1 N–H and O–H groups in total. The number of hydrogen-bond acceptors (Lipinski definition) is 4. The lowest BCUT2D eigenvalue weighted by Crippen LogP contribution is -2.31. The molecule has 1 saturated heterocycles. The van der Waals surface area contributed by atoms with Crippen molar-refractivity contribution in [1.82, 2.24) is 4.90 Å². The molecular formula is C30H38FNO4. The van der Waals surface area contributed by atoms with Crippen molar-refractivity contribution in [2.45, 2.75) is 77.2 Å². The zero-order chi connectivity index (χ0) is 25.9. The van der Waals surface area contributed by atoms with E-state index in [2.05, 4.69) is 6.92 Å². The maximum Gasteiger partial charge on any atom is 0.295 e. The van der Waals surface area contributed by atoms with Crippen LogP contribution < -0.4 is 4.74 Å². The highest BCUT2D eigenvalue weighted by Gasteiger charge is 2.46. The maximum absolute atomic E-state index is 14.9. The molecule has 0 radical (unpaired) electrons. The van der Waals surface area contributed by atoms with Crippen LogP contribution in [0.25, 0.3) is 5.76 Å². The van der Waals surface area contributed by atoms with Crippen molar-refractivity contribution < 1.29 is 23.8 Å². The van der Waals surface area contributed by atoms with Crippen LogP contribution in [0.15, 0.2) is 54.1 Å². The Hall–Kier alpha value is -3.15. The van der Waals surface area contributed by atoms with Gasteiger partial charge in [0.05, 0.1) is 18.7 Å². The van der Waals surface area contributed by atoms with Gasteiger partial charge in [-0.2, -0.15) is 0 Å². The minimum atomic E-state index is -0.966. The highest BCUT2D eigenvalue weighted by Crippen LogP contribution is 2.40. The van der Waals surface area contributed by atoms with Crippen LogP contribution in [0, 0.1) is 5.82 Å². The van der Waals surface area contributed by atoms with Crippen molar-refractivity contribution >= 4 is 17.4 Å². The summed E-state index contributed by atoms with van der Waals surface area (Å²) in [6.07, 6.45) is 11.5. The Kier molecular flexibility index (Phi) is 10.5. The quantitative estimate of drug-likeness (QED) is 0.130. The number of ether oxygens (including phenoxy) is 1. The second-order valence-corrected chi connectivity index (χ2v) is 9.42. The summed E-state index contributed by atoms with van der Waals surface area (Å²) >= 11 is 0. The van der Waals surface area contributed by atoms with Crippen LogP contribution in [0.4, 0.5) is 4.39 Å². The number of Topliss-reactive ketones (excluding diaryl/α,β-unsaturated/α-hetero) is 1. The van der Waals surface area contributed by atoms with Crippen molar-refractivity contribution in [2.75, 3.05) is 13.7 Å². The molecule has 1 unspecified atom stereocenters. The molecule has 0 aliphatic carbocycles. The number of nitrogens with zero attached hydrogens (tertiary/aromatic N) is 1. The molecule has 0 saturated carbocycles. The van der Waals surface area contributed by atoms with E-state index < -0.39 is 23.5 Å². The number of aliphatic hydroxyl groups excluding tert-OH is 1. The molecule has 2 aromatic rings. The molecule has 1 amide bonds. The van der Waals surface area contributed by atoms with E-state index in [1.165, 1.54) is 56.6 Å². The van der Waals surface area contributed by atoms with Gasteiger partial charge in [0.1, 0.15) is 17.3 Å². The fourth-order valence-electron chi connectivity index (χ4n) is 4.80. The average Bonchev–Trinajstić information content (AvgIpc) is 3.14. The number of unbranched alkanes of at least 4 members (excludes halogenated alkanes) is 9. The normalized spacial score (nSPS) is 17.1. The van der Waals surface area contributed by atoms with E-state index in [4.69, 9.17) is 4.74 Å². The number of methoxy groups -OCH3 is 1. The van der Waals surface area contributed by atoms with Gasteiger partial charge in [0.15, 0.2) is 0 Å². The molecule has 0 aromatic heterocycles. The molecule has 1 atom stereocenters. The predicted molar refractivity (Wildman–Crippen MR) is 140 cm³/mol. The SMILES string of the molecule is CCCCCCCCCCCCN1C(=O)C(=O)/C(=C(\O)c2ccc(OC)cc2)C1c1ccccc1F. The fourth-order valence-corrected chi connectivity index (χ4v) is 4.80. The number of amides is 1. The number of rotatable bonds is 14. The van der Waals surface area contributed by atoms with Crippen molar-refractivity contribution in [3.05, 3.63) is 71.0 Å². The molecule has 1 aliphatic heterocycles. The predicted octanol–water partition coefficient (Wildman–Crippen LogP) is 7.18. The van der Waals surface area contributed by atoms with Crippen LogP contribution in [-0.2, 0) is 9.59 Å². The zero-order valence-electron chi connectivity index (χ0n) is 21.5. The van der Waals surface area contributed by atoms with Gasteiger partial charge in [-0.25, -0.2) is 4.39 Å².